The van der Waals surface area contributed by atoms with Crippen LogP contribution in [-0.4, -0.2) is 6.54 Å². The van der Waals surface area contributed by atoms with Crippen LogP contribution in [0.15, 0.2) is 23.8 Å². The Morgan fingerprint density at radius 1 is 1.23 bits per heavy atom. The lowest BCUT2D eigenvalue weighted by Gasteiger charge is -2.32. The van der Waals surface area contributed by atoms with Gasteiger partial charge in [-0.25, -0.2) is 0 Å². The highest BCUT2D eigenvalue weighted by molar-refractivity contribution is 5.23. The van der Waals surface area contributed by atoms with Crippen molar-refractivity contribution in [3.8, 4) is 0 Å². The minimum Gasteiger partial charge on any atom is -0.330 e. The molecule has 2 rings (SSSR count). The first kappa shape index (κ1) is 9.01. The minimum absolute atomic E-state index is 0.334. The molecule has 0 atom stereocenters. The molecule has 0 aromatic carbocycles. The Morgan fingerprint density at radius 2 is 2.00 bits per heavy atom. The highest BCUT2D eigenvalue weighted by Gasteiger charge is 2.33. The normalized spacial score (nSPS) is 26.1. The van der Waals surface area contributed by atoms with Gasteiger partial charge in [0.2, 0.25) is 0 Å². The van der Waals surface area contributed by atoms with E-state index in [2.05, 4.69) is 18.2 Å². The topological polar surface area (TPSA) is 26.0 Å². The second-order valence-electron chi connectivity index (χ2n) is 4.34. The maximum absolute atomic E-state index is 5.92. The molecule has 0 amide bonds. The van der Waals surface area contributed by atoms with Crippen LogP contribution >= 0.6 is 0 Å². The predicted molar refractivity (Wildman–Crippen MR) is 56.4 cm³/mol. The van der Waals surface area contributed by atoms with E-state index in [-0.39, 0.29) is 0 Å². The molecular weight excluding hydrogens is 158 g/mol. The first-order valence-electron chi connectivity index (χ1n) is 5.42. The smallest absolute Gasteiger partial charge is 0.0103 e. The third kappa shape index (κ3) is 1.58. The second-order valence-corrected chi connectivity index (χ2v) is 4.34. The van der Waals surface area contributed by atoms with Gasteiger partial charge in [-0.15, -0.1) is 0 Å². The van der Waals surface area contributed by atoms with E-state index < -0.39 is 0 Å². The molecule has 0 aliphatic heterocycles. The SMILES string of the molecule is NCC1(C2=CCCCC2)CC=CC1. The molecule has 0 fully saturated rings. The van der Waals surface area contributed by atoms with Crippen LogP contribution in [0.2, 0.25) is 0 Å². The number of hydrogen-bond donors (Lipinski definition) is 1. The highest BCUT2D eigenvalue weighted by atomic mass is 14.6. The van der Waals surface area contributed by atoms with Gasteiger partial charge in [0.1, 0.15) is 0 Å². The zero-order valence-corrected chi connectivity index (χ0v) is 8.26. The summed E-state index contributed by atoms with van der Waals surface area (Å²) in [6.45, 7) is 0.825. The zero-order chi connectivity index (χ0) is 9.15. The molecule has 0 saturated carbocycles. The lowest BCUT2D eigenvalue weighted by molar-refractivity contribution is 0.371. The van der Waals surface area contributed by atoms with E-state index in [1.54, 1.807) is 5.57 Å². The van der Waals surface area contributed by atoms with Gasteiger partial charge in [0, 0.05) is 12.0 Å². The van der Waals surface area contributed by atoms with E-state index in [1.165, 1.54) is 38.5 Å². The van der Waals surface area contributed by atoms with Crippen molar-refractivity contribution in [1.82, 2.24) is 0 Å². The third-order valence-corrected chi connectivity index (χ3v) is 3.55. The van der Waals surface area contributed by atoms with Gasteiger partial charge >= 0.3 is 0 Å². The van der Waals surface area contributed by atoms with Crippen molar-refractivity contribution in [1.29, 1.82) is 0 Å². The molecule has 0 bridgehead atoms. The highest BCUT2D eigenvalue weighted by Crippen LogP contribution is 2.43. The van der Waals surface area contributed by atoms with Crippen molar-refractivity contribution in [3.63, 3.8) is 0 Å². The van der Waals surface area contributed by atoms with Crippen LogP contribution in [0.1, 0.15) is 38.5 Å². The summed E-state index contributed by atoms with van der Waals surface area (Å²) in [6, 6.07) is 0. The lowest BCUT2D eigenvalue weighted by Crippen LogP contribution is -2.30. The third-order valence-electron chi connectivity index (χ3n) is 3.55. The number of rotatable bonds is 2. The molecule has 13 heavy (non-hydrogen) atoms. The molecule has 2 aliphatic carbocycles. The average Bonchev–Trinajstić information content (AvgIpc) is 2.69. The molecule has 1 heteroatoms. The summed E-state index contributed by atoms with van der Waals surface area (Å²) in [5.74, 6) is 0. The van der Waals surface area contributed by atoms with Crippen molar-refractivity contribution in [2.45, 2.75) is 38.5 Å². The molecule has 0 unspecified atom stereocenters. The quantitative estimate of drug-likeness (QED) is 0.645. The molecule has 0 aromatic heterocycles. The number of allylic oxidation sites excluding steroid dienone is 3. The van der Waals surface area contributed by atoms with Crippen LogP contribution < -0.4 is 5.73 Å². The number of nitrogens with two attached hydrogens (primary N) is 1. The summed E-state index contributed by atoms with van der Waals surface area (Å²) >= 11 is 0. The summed E-state index contributed by atoms with van der Waals surface area (Å²) in [5.41, 5.74) is 7.90. The van der Waals surface area contributed by atoms with Crippen molar-refractivity contribution in [2.24, 2.45) is 11.1 Å². The Kier molecular flexibility index (Phi) is 2.54. The van der Waals surface area contributed by atoms with Gasteiger partial charge in [0.15, 0.2) is 0 Å². The standard InChI is InChI=1S/C12H19N/c13-10-12(8-4-5-9-12)11-6-2-1-3-7-11/h4-6H,1-3,7-10,13H2. The maximum Gasteiger partial charge on any atom is 0.0103 e. The summed E-state index contributed by atoms with van der Waals surface area (Å²) < 4.78 is 0. The fourth-order valence-electron chi connectivity index (χ4n) is 2.58. The molecule has 0 spiro atoms. The molecule has 0 heterocycles. The fraction of sp³-hybridized carbons (Fsp3) is 0.667. The summed E-state index contributed by atoms with van der Waals surface area (Å²) in [7, 11) is 0. The van der Waals surface area contributed by atoms with E-state index in [4.69, 9.17) is 5.73 Å². The molecule has 1 nitrogen and oxygen atoms in total. The van der Waals surface area contributed by atoms with Crippen LogP contribution in [-0.2, 0) is 0 Å². The molecule has 2 N–H and O–H groups in total. The Hall–Kier alpha value is -0.560. The van der Waals surface area contributed by atoms with Gasteiger partial charge in [-0.05, 0) is 38.5 Å². The summed E-state index contributed by atoms with van der Waals surface area (Å²) in [4.78, 5) is 0. The van der Waals surface area contributed by atoms with E-state index in [1.807, 2.05) is 0 Å². The second kappa shape index (κ2) is 3.67. The predicted octanol–water partition coefficient (Wildman–Crippen LogP) is 2.78. The van der Waals surface area contributed by atoms with Crippen LogP contribution in [0, 0.1) is 5.41 Å². The van der Waals surface area contributed by atoms with Gasteiger partial charge in [0.25, 0.3) is 0 Å². The van der Waals surface area contributed by atoms with Gasteiger partial charge in [-0.2, -0.15) is 0 Å². The minimum atomic E-state index is 0.334. The fourth-order valence-corrected chi connectivity index (χ4v) is 2.58. The van der Waals surface area contributed by atoms with Crippen LogP contribution in [0.4, 0.5) is 0 Å². The molecule has 72 valence electrons. The Morgan fingerprint density at radius 3 is 2.54 bits per heavy atom. The van der Waals surface area contributed by atoms with Gasteiger partial charge in [-0.1, -0.05) is 23.8 Å². The average molecular weight is 177 g/mol. The van der Waals surface area contributed by atoms with Crippen molar-refractivity contribution >= 4 is 0 Å². The first-order chi connectivity index (χ1) is 6.37. The van der Waals surface area contributed by atoms with Crippen LogP contribution in [0.3, 0.4) is 0 Å². The van der Waals surface area contributed by atoms with Crippen molar-refractivity contribution in [3.05, 3.63) is 23.8 Å². The maximum atomic E-state index is 5.92. The van der Waals surface area contributed by atoms with Crippen LogP contribution in [0.25, 0.3) is 0 Å². The number of hydrogen-bond acceptors (Lipinski definition) is 1. The largest absolute Gasteiger partial charge is 0.330 e. The van der Waals surface area contributed by atoms with Crippen LogP contribution in [0.5, 0.6) is 0 Å². The molecule has 2 aliphatic rings. The Labute approximate surface area is 80.7 Å². The molecule has 0 aromatic rings. The van der Waals surface area contributed by atoms with Crippen molar-refractivity contribution < 1.29 is 0 Å². The lowest BCUT2D eigenvalue weighted by atomic mass is 9.74. The monoisotopic (exact) mass is 177 g/mol. The summed E-state index contributed by atoms with van der Waals surface area (Å²) in [5, 5.41) is 0. The van der Waals surface area contributed by atoms with E-state index >= 15 is 0 Å². The van der Waals surface area contributed by atoms with Gasteiger partial charge in [-0.3, -0.25) is 0 Å². The first-order valence-corrected chi connectivity index (χ1v) is 5.42. The molecular formula is C12H19N. The van der Waals surface area contributed by atoms with Gasteiger partial charge < -0.3 is 5.73 Å². The summed E-state index contributed by atoms with van der Waals surface area (Å²) in [6.07, 6.45) is 14.7. The van der Waals surface area contributed by atoms with E-state index in [0.717, 1.165) is 6.54 Å². The van der Waals surface area contributed by atoms with Crippen molar-refractivity contribution in [2.75, 3.05) is 6.54 Å². The Bertz CT molecular complexity index is 230. The Balaban J connectivity index is 2.15. The molecule has 0 radical (unpaired) electrons. The van der Waals surface area contributed by atoms with E-state index in [0.29, 0.717) is 5.41 Å². The zero-order valence-electron chi connectivity index (χ0n) is 8.26. The van der Waals surface area contributed by atoms with Gasteiger partial charge in [0.05, 0.1) is 0 Å². The van der Waals surface area contributed by atoms with E-state index in [9.17, 15) is 0 Å². The molecule has 0 saturated heterocycles.